The third-order valence-electron chi connectivity index (χ3n) is 2.93. The number of methoxy groups -OCH3 is 1. The van der Waals surface area contributed by atoms with E-state index in [1.165, 1.54) is 16.7 Å². The van der Waals surface area contributed by atoms with Crippen LogP contribution < -0.4 is 4.74 Å². The van der Waals surface area contributed by atoms with Gasteiger partial charge in [-0.2, -0.15) is 0 Å². The Morgan fingerprint density at radius 2 is 1.87 bits per heavy atom. The number of rotatable bonds is 2. The van der Waals surface area contributed by atoms with Crippen LogP contribution in [0.25, 0.3) is 0 Å². The van der Waals surface area contributed by atoms with Gasteiger partial charge in [-0.25, -0.2) is 0 Å². The maximum absolute atomic E-state index is 5.66. The fourth-order valence-corrected chi connectivity index (χ4v) is 2.17. The van der Waals surface area contributed by atoms with E-state index in [0.29, 0.717) is 0 Å². The smallest absolute Gasteiger partial charge is 0.127 e. The van der Waals surface area contributed by atoms with Crippen molar-refractivity contribution in [3.05, 3.63) is 28.8 Å². The first-order chi connectivity index (χ1) is 6.95. The Labute approximate surface area is 91.2 Å². The van der Waals surface area contributed by atoms with Crippen molar-refractivity contribution in [3.8, 4) is 5.75 Å². The molecule has 1 heterocycles. The zero-order valence-corrected chi connectivity index (χ0v) is 10.0. The molecule has 1 aromatic rings. The van der Waals surface area contributed by atoms with Crippen LogP contribution in [-0.2, 0) is 4.74 Å². The molecule has 2 rings (SSSR count). The Bertz CT molecular complexity index is 394. The summed E-state index contributed by atoms with van der Waals surface area (Å²) >= 11 is 0. The number of epoxide rings is 1. The van der Waals surface area contributed by atoms with Crippen LogP contribution in [0.5, 0.6) is 5.75 Å². The third kappa shape index (κ3) is 1.74. The molecule has 0 aliphatic carbocycles. The lowest BCUT2D eigenvalue weighted by atomic mass is 9.98. The Kier molecular flexibility index (Phi) is 2.27. The van der Waals surface area contributed by atoms with Crippen molar-refractivity contribution in [1.82, 2.24) is 0 Å². The molecule has 0 N–H and O–H groups in total. The maximum atomic E-state index is 5.66. The minimum absolute atomic E-state index is 0.0342. The van der Waals surface area contributed by atoms with Gasteiger partial charge in [0.05, 0.1) is 12.7 Å². The quantitative estimate of drug-likeness (QED) is 0.693. The van der Waals surface area contributed by atoms with Crippen molar-refractivity contribution in [1.29, 1.82) is 0 Å². The standard InChI is InChI=1S/C13H18O2/c1-8-6-9(2)11(14-5)10(7-8)12-13(3,4)15-12/h6-7,12H,1-5H3. The molecule has 1 fully saturated rings. The first kappa shape index (κ1) is 10.5. The molecule has 1 atom stereocenters. The molecule has 0 amide bonds. The number of ether oxygens (including phenoxy) is 2. The Morgan fingerprint density at radius 3 is 2.33 bits per heavy atom. The predicted octanol–water partition coefficient (Wildman–Crippen LogP) is 3.16. The summed E-state index contributed by atoms with van der Waals surface area (Å²) in [6.07, 6.45) is 0.186. The van der Waals surface area contributed by atoms with Gasteiger partial charge in [0.1, 0.15) is 11.9 Å². The number of hydrogen-bond donors (Lipinski definition) is 0. The average Bonchev–Trinajstić information content (AvgIpc) is 2.74. The van der Waals surface area contributed by atoms with E-state index in [1.54, 1.807) is 7.11 Å². The van der Waals surface area contributed by atoms with Crippen LogP contribution in [0.4, 0.5) is 0 Å². The molecule has 1 aliphatic heterocycles. The van der Waals surface area contributed by atoms with E-state index >= 15 is 0 Å². The molecule has 0 radical (unpaired) electrons. The van der Waals surface area contributed by atoms with Crippen molar-refractivity contribution < 1.29 is 9.47 Å². The molecule has 1 saturated heterocycles. The zero-order valence-electron chi connectivity index (χ0n) is 10.0. The topological polar surface area (TPSA) is 21.8 Å². The highest BCUT2D eigenvalue weighted by Gasteiger charge is 2.50. The van der Waals surface area contributed by atoms with Crippen molar-refractivity contribution >= 4 is 0 Å². The van der Waals surface area contributed by atoms with Gasteiger partial charge < -0.3 is 9.47 Å². The van der Waals surface area contributed by atoms with Crippen LogP contribution in [0.15, 0.2) is 12.1 Å². The zero-order chi connectivity index (χ0) is 11.2. The summed E-state index contributed by atoms with van der Waals surface area (Å²) in [6.45, 7) is 8.39. The van der Waals surface area contributed by atoms with E-state index in [2.05, 4.69) is 39.8 Å². The Hall–Kier alpha value is -1.02. The van der Waals surface area contributed by atoms with Gasteiger partial charge in [0.25, 0.3) is 0 Å². The van der Waals surface area contributed by atoms with Crippen LogP contribution in [0.3, 0.4) is 0 Å². The highest BCUT2D eigenvalue weighted by molar-refractivity contribution is 5.47. The summed E-state index contributed by atoms with van der Waals surface area (Å²) in [6, 6.07) is 4.29. The summed E-state index contributed by atoms with van der Waals surface area (Å²) in [4.78, 5) is 0. The first-order valence-electron chi connectivity index (χ1n) is 5.28. The summed E-state index contributed by atoms with van der Waals surface area (Å²) < 4.78 is 11.1. The van der Waals surface area contributed by atoms with Crippen molar-refractivity contribution in [2.24, 2.45) is 0 Å². The number of hydrogen-bond acceptors (Lipinski definition) is 2. The van der Waals surface area contributed by atoms with Gasteiger partial charge in [-0.15, -0.1) is 0 Å². The van der Waals surface area contributed by atoms with E-state index in [1.807, 2.05) is 0 Å². The molecular formula is C13H18O2. The highest BCUT2D eigenvalue weighted by atomic mass is 16.6. The van der Waals surface area contributed by atoms with Gasteiger partial charge in [0.2, 0.25) is 0 Å². The fraction of sp³-hybridized carbons (Fsp3) is 0.538. The fourth-order valence-electron chi connectivity index (χ4n) is 2.17. The van der Waals surface area contributed by atoms with E-state index in [4.69, 9.17) is 9.47 Å². The largest absolute Gasteiger partial charge is 0.496 e. The SMILES string of the molecule is COc1c(C)cc(C)cc1C1OC1(C)C. The van der Waals surface area contributed by atoms with E-state index in [-0.39, 0.29) is 11.7 Å². The molecule has 2 heteroatoms. The molecule has 0 aromatic heterocycles. The van der Waals surface area contributed by atoms with Gasteiger partial charge in [0.15, 0.2) is 0 Å². The van der Waals surface area contributed by atoms with Gasteiger partial charge in [-0.05, 0) is 39.3 Å². The minimum Gasteiger partial charge on any atom is -0.496 e. The minimum atomic E-state index is -0.0342. The lowest BCUT2D eigenvalue weighted by molar-refractivity contribution is 0.322. The lowest BCUT2D eigenvalue weighted by Gasteiger charge is -2.11. The van der Waals surface area contributed by atoms with Crippen LogP contribution >= 0.6 is 0 Å². The molecule has 0 spiro atoms. The predicted molar refractivity (Wildman–Crippen MR) is 60.4 cm³/mol. The molecule has 82 valence electrons. The van der Waals surface area contributed by atoms with E-state index in [9.17, 15) is 0 Å². The second kappa shape index (κ2) is 3.24. The molecule has 1 aromatic carbocycles. The number of benzene rings is 1. The molecule has 15 heavy (non-hydrogen) atoms. The molecule has 0 bridgehead atoms. The van der Waals surface area contributed by atoms with Gasteiger partial charge in [-0.3, -0.25) is 0 Å². The average molecular weight is 206 g/mol. The molecule has 0 saturated carbocycles. The summed E-state index contributed by atoms with van der Waals surface area (Å²) in [5.41, 5.74) is 3.58. The van der Waals surface area contributed by atoms with Gasteiger partial charge >= 0.3 is 0 Å². The second-order valence-electron chi connectivity index (χ2n) is 4.81. The van der Waals surface area contributed by atoms with Gasteiger partial charge in [-0.1, -0.05) is 11.6 Å². The monoisotopic (exact) mass is 206 g/mol. The van der Waals surface area contributed by atoms with Crippen molar-refractivity contribution in [2.45, 2.75) is 39.4 Å². The van der Waals surface area contributed by atoms with E-state index < -0.39 is 0 Å². The first-order valence-corrected chi connectivity index (χ1v) is 5.28. The molecule has 1 unspecified atom stereocenters. The summed E-state index contributed by atoms with van der Waals surface area (Å²) in [7, 11) is 1.72. The van der Waals surface area contributed by atoms with Crippen LogP contribution in [0.1, 0.15) is 36.6 Å². The molecular weight excluding hydrogens is 188 g/mol. The van der Waals surface area contributed by atoms with E-state index in [0.717, 1.165) is 5.75 Å². The Balaban J connectivity index is 2.46. The highest BCUT2D eigenvalue weighted by Crippen LogP contribution is 2.52. The normalized spacial score (nSPS) is 22.6. The third-order valence-corrected chi connectivity index (χ3v) is 2.93. The molecule has 1 aliphatic rings. The summed E-state index contributed by atoms with van der Waals surface area (Å²) in [5, 5.41) is 0. The van der Waals surface area contributed by atoms with Crippen molar-refractivity contribution in [2.75, 3.05) is 7.11 Å². The van der Waals surface area contributed by atoms with Crippen LogP contribution in [0, 0.1) is 13.8 Å². The van der Waals surface area contributed by atoms with Crippen LogP contribution in [0.2, 0.25) is 0 Å². The van der Waals surface area contributed by atoms with Gasteiger partial charge in [0, 0.05) is 5.56 Å². The maximum Gasteiger partial charge on any atom is 0.127 e. The molecule has 2 nitrogen and oxygen atoms in total. The lowest BCUT2D eigenvalue weighted by Crippen LogP contribution is -2.01. The van der Waals surface area contributed by atoms with Crippen molar-refractivity contribution in [3.63, 3.8) is 0 Å². The summed E-state index contributed by atoms with van der Waals surface area (Å²) in [5.74, 6) is 0.969. The van der Waals surface area contributed by atoms with Crippen LogP contribution in [-0.4, -0.2) is 12.7 Å². The number of aryl methyl sites for hydroxylation is 2. The second-order valence-corrected chi connectivity index (χ2v) is 4.81. The Morgan fingerprint density at radius 1 is 1.27 bits per heavy atom.